The lowest BCUT2D eigenvalue weighted by Crippen LogP contribution is -2.55. The number of hydrogen-bond acceptors (Lipinski definition) is 6. The number of aromatic nitrogens is 1. The summed E-state index contributed by atoms with van der Waals surface area (Å²) in [6, 6.07) is 3.17. The van der Waals surface area contributed by atoms with Gasteiger partial charge < -0.3 is 14.8 Å². The van der Waals surface area contributed by atoms with E-state index in [1.165, 1.54) is 30.2 Å². The number of hydrogen-bond donors (Lipinski definition) is 1. The average molecular weight is 445 g/mol. The highest BCUT2D eigenvalue weighted by molar-refractivity contribution is 7.15. The molecular weight excluding hydrogens is 426 g/mol. The summed E-state index contributed by atoms with van der Waals surface area (Å²) in [4.78, 5) is 17.0. The van der Waals surface area contributed by atoms with Gasteiger partial charge in [0.2, 0.25) is 0 Å². The SMILES string of the molecule is C=Cc1cc(F)ccc1OC(=O)N1CCCC(Nc2ncc(C(F)(F)F)s2)C1OC. The normalized spacial score (nSPS) is 19.4. The van der Waals surface area contributed by atoms with E-state index in [1.54, 1.807) is 0 Å². The van der Waals surface area contributed by atoms with Gasteiger partial charge in [-0.05, 0) is 31.0 Å². The van der Waals surface area contributed by atoms with E-state index in [9.17, 15) is 22.4 Å². The van der Waals surface area contributed by atoms with Gasteiger partial charge in [-0.25, -0.2) is 14.2 Å². The number of alkyl halides is 3. The van der Waals surface area contributed by atoms with Crippen LogP contribution in [0.1, 0.15) is 23.3 Å². The van der Waals surface area contributed by atoms with Crippen LogP contribution in [0.15, 0.2) is 31.0 Å². The molecule has 2 aromatic rings. The van der Waals surface area contributed by atoms with E-state index >= 15 is 0 Å². The molecule has 1 aromatic heterocycles. The molecule has 1 N–H and O–H groups in total. The van der Waals surface area contributed by atoms with E-state index in [-0.39, 0.29) is 10.9 Å². The van der Waals surface area contributed by atoms with Crippen LogP contribution in [0.5, 0.6) is 5.75 Å². The smallest absolute Gasteiger partial charge is 0.410 e. The third-order valence-electron chi connectivity index (χ3n) is 4.52. The summed E-state index contributed by atoms with van der Waals surface area (Å²) in [7, 11) is 1.39. The third kappa shape index (κ3) is 4.90. The van der Waals surface area contributed by atoms with Crippen LogP contribution < -0.4 is 10.1 Å². The van der Waals surface area contributed by atoms with E-state index in [0.29, 0.717) is 36.3 Å². The Morgan fingerprint density at radius 3 is 2.83 bits per heavy atom. The number of rotatable bonds is 5. The molecule has 1 fully saturated rings. The van der Waals surface area contributed by atoms with Gasteiger partial charge in [0.15, 0.2) is 11.4 Å². The Morgan fingerprint density at radius 2 is 2.20 bits per heavy atom. The molecule has 3 rings (SSSR count). The average Bonchev–Trinajstić information content (AvgIpc) is 3.18. The summed E-state index contributed by atoms with van der Waals surface area (Å²) in [6.45, 7) is 3.89. The van der Waals surface area contributed by atoms with Crippen molar-refractivity contribution in [2.24, 2.45) is 0 Å². The maximum Gasteiger partial charge on any atom is 0.427 e. The summed E-state index contributed by atoms with van der Waals surface area (Å²) in [6.07, 6.45) is -2.75. The molecule has 0 radical (unpaired) electrons. The molecule has 2 heterocycles. The maximum atomic E-state index is 13.4. The number of nitrogens with one attached hydrogen (secondary N) is 1. The first-order chi connectivity index (χ1) is 14.2. The van der Waals surface area contributed by atoms with Gasteiger partial charge in [0.25, 0.3) is 0 Å². The zero-order valence-electron chi connectivity index (χ0n) is 15.9. The molecule has 2 unspecified atom stereocenters. The second-order valence-electron chi connectivity index (χ2n) is 6.49. The molecule has 1 aliphatic heterocycles. The Kier molecular flexibility index (Phi) is 6.61. The Balaban J connectivity index is 1.73. The first-order valence-electron chi connectivity index (χ1n) is 8.95. The summed E-state index contributed by atoms with van der Waals surface area (Å²) < 4.78 is 62.6. The predicted molar refractivity (Wildman–Crippen MR) is 104 cm³/mol. The number of methoxy groups -OCH3 is 1. The van der Waals surface area contributed by atoms with E-state index < -0.39 is 35.2 Å². The van der Waals surface area contributed by atoms with Gasteiger partial charge in [0.1, 0.15) is 16.4 Å². The van der Waals surface area contributed by atoms with Gasteiger partial charge in [-0.3, -0.25) is 4.90 Å². The lowest BCUT2D eigenvalue weighted by Gasteiger charge is -2.39. The highest BCUT2D eigenvalue weighted by Gasteiger charge is 2.37. The van der Waals surface area contributed by atoms with E-state index in [4.69, 9.17) is 9.47 Å². The highest BCUT2D eigenvalue weighted by atomic mass is 32.1. The molecule has 0 saturated carbocycles. The standard InChI is InChI=1S/C19H19F4N3O3S/c1-3-11-9-12(20)6-7-14(11)29-18(27)26-8-4-5-13(16(26)28-2)25-17-24-10-15(30-17)19(21,22)23/h3,6-7,9-10,13,16H,1,4-5,8H2,2H3,(H,24,25). The van der Waals surface area contributed by atoms with Gasteiger partial charge >= 0.3 is 12.3 Å². The number of anilines is 1. The van der Waals surface area contributed by atoms with E-state index in [1.807, 2.05) is 0 Å². The summed E-state index contributed by atoms with van der Waals surface area (Å²) >= 11 is 0.480. The zero-order chi connectivity index (χ0) is 21.9. The van der Waals surface area contributed by atoms with E-state index in [0.717, 1.165) is 12.3 Å². The first kappa shape index (κ1) is 22.0. The molecule has 0 aliphatic carbocycles. The van der Waals surface area contributed by atoms with Gasteiger partial charge in [-0.2, -0.15) is 13.2 Å². The van der Waals surface area contributed by atoms with Crippen molar-refractivity contribution in [2.45, 2.75) is 31.3 Å². The van der Waals surface area contributed by atoms with Crippen molar-refractivity contribution in [3.8, 4) is 5.75 Å². The molecular formula is C19H19F4N3O3S. The Hall–Kier alpha value is -2.66. The molecule has 30 heavy (non-hydrogen) atoms. The fourth-order valence-corrected chi connectivity index (χ4v) is 3.90. The van der Waals surface area contributed by atoms with Crippen LogP contribution in [0, 0.1) is 5.82 Å². The number of piperidine rings is 1. The fraction of sp³-hybridized carbons (Fsp3) is 0.368. The van der Waals surface area contributed by atoms with Gasteiger partial charge in [-0.15, -0.1) is 0 Å². The number of ether oxygens (including phenoxy) is 2. The van der Waals surface area contributed by atoms with Crippen LogP contribution >= 0.6 is 11.3 Å². The molecule has 162 valence electrons. The lowest BCUT2D eigenvalue weighted by atomic mass is 10.0. The molecule has 11 heteroatoms. The number of halogens is 4. The second kappa shape index (κ2) is 9.00. The van der Waals surface area contributed by atoms with Crippen LogP contribution in [0.4, 0.5) is 27.5 Å². The van der Waals surface area contributed by atoms with Gasteiger partial charge in [0, 0.05) is 19.2 Å². The molecule has 1 saturated heterocycles. The van der Waals surface area contributed by atoms with Crippen molar-refractivity contribution in [3.05, 3.63) is 47.2 Å². The summed E-state index contributed by atoms with van der Waals surface area (Å²) in [5.41, 5.74) is 0.312. The monoisotopic (exact) mass is 445 g/mol. The first-order valence-corrected chi connectivity index (χ1v) is 9.77. The van der Waals surface area contributed by atoms with E-state index in [2.05, 4.69) is 16.9 Å². The van der Waals surface area contributed by atoms with Gasteiger partial charge in [0.05, 0.1) is 12.2 Å². The molecule has 2 atom stereocenters. The number of thiazole rings is 1. The fourth-order valence-electron chi connectivity index (χ4n) is 3.15. The number of nitrogens with zero attached hydrogens (tertiary/aromatic N) is 2. The van der Waals surface area contributed by atoms with Crippen molar-refractivity contribution in [3.63, 3.8) is 0 Å². The number of carbonyl (C=O) groups is 1. The Labute approximate surface area is 174 Å². The molecule has 1 amide bonds. The van der Waals surface area contributed by atoms with Crippen LogP contribution in [0.2, 0.25) is 0 Å². The van der Waals surface area contributed by atoms with Gasteiger partial charge in [-0.1, -0.05) is 24.0 Å². The van der Waals surface area contributed by atoms with Crippen molar-refractivity contribution in [1.29, 1.82) is 0 Å². The largest absolute Gasteiger partial charge is 0.427 e. The summed E-state index contributed by atoms with van der Waals surface area (Å²) in [5.74, 6) is -0.362. The van der Waals surface area contributed by atoms with Crippen molar-refractivity contribution >= 4 is 28.6 Å². The number of benzene rings is 1. The third-order valence-corrected chi connectivity index (χ3v) is 5.50. The predicted octanol–water partition coefficient (Wildman–Crippen LogP) is 4.99. The minimum Gasteiger partial charge on any atom is -0.410 e. The maximum absolute atomic E-state index is 13.4. The molecule has 0 spiro atoms. The lowest BCUT2D eigenvalue weighted by molar-refractivity contribution is -0.134. The van der Waals surface area contributed by atoms with Crippen LogP contribution in [0.25, 0.3) is 6.08 Å². The van der Waals surface area contributed by atoms with Crippen molar-refractivity contribution in [2.75, 3.05) is 19.0 Å². The number of amides is 1. The summed E-state index contributed by atoms with van der Waals surface area (Å²) in [5, 5.41) is 3.00. The van der Waals surface area contributed by atoms with Crippen molar-refractivity contribution in [1.82, 2.24) is 9.88 Å². The quantitative estimate of drug-likeness (QED) is 0.657. The number of likely N-dealkylation sites (tertiary alicyclic amines) is 1. The number of carbonyl (C=O) groups excluding carboxylic acids is 1. The minimum atomic E-state index is -4.47. The highest BCUT2D eigenvalue weighted by Crippen LogP contribution is 2.36. The van der Waals surface area contributed by atoms with Crippen LogP contribution in [-0.2, 0) is 10.9 Å². The molecule has 0 bridgehead atoms. The second-order valence-corrected chi connectivity index (χ2v) is 7.53. The minimum absolute atomic E-state index is 0.0806. The molecule has 6 nitrogen and oxygen atoms in total. The Morgan fingerprint density at radius 1 is 1.43 bits per heavy atom. The topological polar surface area (TPSA) is 63.7 Å². The Bertz CT molecular complexity index is 919. The van der Waals surface area contributed by atoms with Crippen LogP contribution in [0.3, 0.4) is 0 Å². The molecule has 1 aromatic carbocycles. The van der Waals surface area contributed by atoms with Crippen LogP contribution in [-0.4, -0.2) is 41.9 Å². The molecule has 1 aliphatic rings. The zero-order valence-corrected chi connectivity index (χ0v) is 16.7. The van der Waals surface area contributed by atoms with Crippen molar-refractivity contribution < 1.29 is 31.8 Å².